The van der Waals surface area contributed by atoms with E-state index in [9.17, 15) is 4.79 Å². The van der Waals surface area contributed by atoms with Crippen molar-refractivity contribution < 1.29 is 4.79 Å². The average molecular weight is 275 g/mol. The van der Waals surface area contributed by atoms with Crippen LogP contribution in [0.4, 0.5) is 5.69 Å². The lowest BCUT2D eigenvalue weighted by atomic mass is 10.1. The second-order valence-electron chi connectivity index (χ2n) is 4.48. The topological polar surface area (TPSA) is 53.8 Å². The van der Waals surface area contributed by atoms with Gasteiger partial charge in [0.25, 0.3) is 5.91 Å². The Kier molecular flexibility index (Phi) is 3.69. The lowest BCUT2D eigenvalue weighted by molar-refractivity contribution is -0.110. The minimum absolute atomic E-state index is 0.222. The highest BCUT2D eigenvalue weighted by Gasteiger charge is 2.25. The van der Waals surface area contributed by atoms with Gasteiger partial charge in [0, 0.05) is 11.8 Å². The molecule has 1 aliphatic rings. The highest BCUT2D eigenvalue weighted by molar-refractivity contribution is 6.53. The molecule has 0 bridgehead atoms. The third kappa shape index (κ3) is 2.95. The van der Waals surface area contributed by atoms with Crippen molar-refractivity contribution in [3.63, 3.8) is 0 Å². The van der Waals surface area contributed by atoms with Crippen molar-refractivity contribution in [1.82, 2.24) is 0 Å². The van der Waals surface area contributed by atoms with Gasteiger partial charge < -0.3 is 5.32 Å². The second kappa shape index (κ2) is 5.96. The number of carbonyl (C=O) groups is 1. The van der Waals surface area contributed by atoms with Crippen molar-refractivity contribution in [3.05, 3.63) is 71.8 Å². The molecule has 2 aromatic carbocycles. The zero-order chi connectivity index (χ0) is 14.5. The van der Waals surface area contributed by atoms with E-state index in [2.05, 4.69) is 15.5 Å². The van der Waals surface area contributed by atoms with Crippen LogP contribution < -0.4 is 5.32 Å². The summed E-state index contributed by atoms with van der Waals surface area (Å²) in [5.74, 6) is -0.222. The van der Waals surface area contributed by atoms with Gasteiger partial charge in [-0.25, -0.2) is 0 Å². The monoisotopic (exact) mass is 275 g/mol. The van der Waals surface area contributed by atoms with Crippen molar-refractivity contribution >= 4 is 29.6 Å². The van der Waals surface area contributed by atoms with Gasteiger partial charge in [-0.05, 0) is 17.7 Å². The molecule has 4 nitrogen and oxygen atoms in total. The molecule has 1 aliphatic heterocycles. The third-order valence-corrected chi connectivity index (χ3v) is 3.04. The molecule has 0 saturated heterocycles. The molecule has 0 radical (unpaired) electrons. The number of carbonyl (C=O) groups excluding carboxylic acids is 1. The zero-order valence-corrected chi connectivity index (χ0v) is 11.2. The lowest BCUT2D eigenvalue weighted by Crippen LogP contribution is -2.13. The van der Waals surface area contributed by atoms with E-state index in [-0.39, 0.29) is 5.91 Å². The molecule has 0 unspecified atom stereocenters. The Labute approximate surface area is 122 Å². The summed E-state index contributed by atoms with van der Waals surface area (Å²) in [7, 11) is 0. The molecule has 0 saturated carbocycles. The number of nitrogens with one attached hydrogen (secondary N) is 1. The van der Waals surface area contributed by atoms with Gasteiger partial charge >= 0.3 is 0 Å². The summed E-state index contributed by atoms with van der Waals surface area (Å²) in [5.41, 5.74) is 2.98. The van der Waals surface area contributed by atoms with E-state index in [1.807, 2.05) is 60.7 Å². The summed E-state index contributed by atoms with van der Waals surface area (Å²) < 4.78 is 0. The SMILES string of the molecule is O=C1Nc2ccccc2/C1=N/N=C\C=C\c1ccccc1. The van der Waals surface area contributed by atoms with E-state index < -0.39 is 0 Å². The number of allylic oxidation sites excluding steroid dienone is 1. The van der Waals surface area contributed by atoms with Gasteiger partial charge in [0.2, 0.25) is 0 Å². The molecule has 0 fully saturated rings. The van der Waals surface area contributed by atoms with Crippen molar-refractivity contribution in [1.29, 1.82) is 0 Å². The highest BCUT2D eigenvalue weighted by atomic mass is 16.2. The maximum absolute atomic E-state index is 11.8. The van der Waals surface area contributed by atoms with E-state index >= 15 is 0 Å². The normalized spacial score (nSPS) is 15.8. The molecule has 0 spiro atoms. The molecule has 1 heterocycles. The number of hydrogen-bond acceptors (Lipinski definition) is 3. The number of anilines is 1. The Hall–Kier alpha value is -3.01. The molecule has 102 valence electrons. The van der Waals surface area contributed by atoms with Gasteiger partial charge in [0.15, 0.2) is 5.71 Å². The summed E-state index contributed by atoms with van der Waals surface area (Å²) in [6, 6.07) is 17.3. The number of amides is 1. The van der Waals surface area contributed by atoms with Crippen molar-refractivity contribution in [2.24, 2.45) is 10.2 Å². The maximum Gasteiger partial charge on any atom is 0.276 e. The summed E-state index contributed by atoms with van der Waals surface area (Å²) in [4.78, 5) is 11.8. The van der Waals surface area contributed by atoms with Crippen LogP contribution in [0.3, 0.4) is 0 Å². The molecular formula is C17H13N3O. The Morgan fingerprint density at radius 3 is 2.57 bits per heavy atom. The number of rotatable bonds is 3. The fourth-order valence-corrected chi connectivity index (χ4v) is 2.05. The molecule has 3 rings (SSSR count). The van der Waals surface area contributed by atoms with Crippen molar-refractivity contribution in [2.75, 3.05) is 5.32 Å². The number of nitrogens with zero attached hydrogens (tertiary/aromatic N) is 2. The maximum atomic E-state index is 11.8. The number of hydrogen-bond donors (Lipinski definition) is 1. The van der Waals surface area contributed by atoms with Gasteiger partial charge in [0.05, 0.1) is 5.69 Å². The Morgan fingerprint density at radius 2 is 1.71 bits per heavy atom. The predicted octanol–water partition coefficient (Wildman–Crippen LogP) is 3.13. The van der Waals surface area contributed by atoms with Crippen LogP contribution in [0.5, 0.6) is 0 Å². The van der Waals surface area contributed by atoms with Crippen LogP contribution in [-0.2, 0) is 4.79 Å². The molecule has 0 aliphatic carbocycles. The molecule has 21 heavy (non-hydrogen) atoms. The quantitative estimate of drug-likeness (QED) is 0.679. The highest BCUT2D eigenvalue weighted by Crippen LogP contribution is 2.22. The Morgan fingerprint density at radius 1 is 0.952 bits per heavy atom. The lowest BCUT2D eigenvalue weighted by Gasteiger charge is -1.93. The van der Waals surface area contributed by atoms with Crippen LogP contribution in [0.15, 0.2) is 70.9 Å². The number of benzene rings is 2. The average Bonchev–Trinajstić information content (AvgIpc) is 2.84. The Bertz CT molecular complexity index is 746. The summed E-state index contributed by atoms with van der Waals surface area (Å²) in [6.45, 7) is 0. The summed E-state index contributed by atoms with van der Waals surface area (Å²) >= 11 is 0. The van der Waals surface area contributed by atoms with Crippen LogP contribution in [0.25, 0.3) is 6.08 Å². The van der Waals surface area contributed by atoms with E-state index in [1.165, 1.54) is 0 Å². The van der Waals surface area contributed by atoms with Gasteiger partial charge in [-0.1, -0.05) is 54.6 Å². The molecule has 0 aromatic heterocycles. The molecule has 4 heteroatoms. The van der Waals surface area contributed by atoms with Gasteiger partial charge in [-0.2, -0.15) is 5.10 Å². The summed E-state index contributed by atoms with van der Waals surface area (Å²) in [5, 5.41) is 10.7. The van der Waals surface area contributed by atoms with Crippen LogP contribution in [0.2, 0.25) is 0 Å². The molecule has 0 atom stereocenters. The van der Waals surface area contributed by atoms with E-state index in [0.717, 1.165) is 16.8 Å². The third-order valence-electron chi connectivity index (χ3n) is 3.04. The van der Waals surface area contributed by atoms with Crippen molar-refractivity contribution in [2.45, 2.75) is 0 Å². The van der Waals surface area contributed by atoms with E-state index in [4.69, 9.17) is 0 Å². The van der Waals surface area contributed by atoms with E-state index in [1.54, 1.807) is 12.3 Å². The first-order valence-corrected chi connectivity index (χ1v) is 6.58. The van der Waals surface area contributed by atoms with Gasteiger partial charge in [-0.3, -0.25) is 4.79 Å². The van der Waals surface area contributed by atoms with Gasteiger partial charge in [-0.15, -0.1) is 5.10 Å². The molecular weight excluding hydrogens is 262 g/mol. The minimum atomic E-state index is -0.222. The number of para-hydroxylation sites is 1. The first-order chi connectivity index (χ1) is 10.3. The second-order valence-corrected chi connectivity index (χ2v) is 4.48. The molecule has 1 amide bonds. The largest absolute Gasteiger partial charge is 0.320 e. The van der Waals surface area contributed by atoms with Crippen LogP contribution in [0.1, 0.15) is 11.1 Å². The minimum Gasteiger partial charge on any atom is -0.320 e. The predicted molar refractivity (Wildman–Crippen MR) is 85.6 cm³/mol. The standard InChI is InChI=1S/C17H13N3O/c21-17-16(14-10-4-5-11-15(14)19-17)20-18-12-6-9-13-7-2-1-3-8-13/h1-12H,(H,19,20,21)/b9-6+,18-12-. The Balaban J connectivity index is 1.73. The van der Waals surface area contributed by atoms with Gasteiger partial charge in [0.1, 0.15) is 0 Å². The fraction of sp³-hybridized carbons (Fsp3) is 0. The van der Waals surface area contributed by atoms with Crippen LogP contribution >= 0.6 is 0 Å². The van der Waals surface area contributed by atoms with Crippen molar-refractivity contribution in [3.8, 4) is 0 Å². The smallest absolute Gasteiger partial charge is 0.276 e. The first kappa shape index (κ1) is 13.0. The molecule has 2 aromatic rings. The van der Waals surface area contributed by atoms with Crippen LogP contribution in [0, 0.1) is 0 Å². The molecule has 1 N–H and O–H groups in total. The first-order valence-electron chi connectivity index (χ1n) is 6.58. The fourth-order valence-electron chi connectivity index (χ4n) is 2.05. The number of fused-ring (bicyclic) bond motifs is 1. The van der Waals surface area contributed by atoms with Crippen LogP contribution in [-0.4, -0.2) is 17.8 Å². The zero-order valence-electron chi connectivity index (χ0n) is 11.2. The summed E-state index contributed by atoms with van der Waals surface area (Å²) in [6.07, 6.45) is 5.28. The van der Waals surface area contributed by atoms with E-state index in [0.29, 0.717) is 5.71 Å².